The van der Waals surface area contributed by atoms with Gasteiger partial charge in [-0.15, -0.1) is 11.3 Å². The van der Waals surface area contributed by atoms with Crippen LogP contribution < -0.4 is 4.74 Å². The van der Waals surface area contributed by atoms with E-state index in [1.54, 1.807) is 12.1 Å². The molecule has 2 aromatic rings. The standard InChI is InChI=1S/C14H13F2NO3S/c1-7(2)10-11(13(18)19)21-12(17-10)8-3-5-9(6-4-8)20-14(15)16/h3-7,14H,1-2H3,(H,18,19). The smallest absolute Gasteiger partial charge is 0.387 e. The number of carboxylic acid groups (broad SMARTS) is 1. The molecule has 0 fully saturated rings. The Morgan fingerprint density at radius 1 is 1.29 bits per heavy atom. The lowest BCUT2D eigenvalue weighted by Gasteiger charge is -2.04. The molecule has 0 unspecified atom stereocenters. The minimum atomic E-state index is -2.87. The fourth-order valence-electron chi connectivity index (χ4n) is 1.78. The van der Waals surface area contributed by atoms with Crippen molar-refractivity contribution >= 4 is 17.3 Å². The molecule has 0 aliphatic rings. The number of aromatic nitrogens is 1. The van der Waals surface area contributed by atoms with Crippen molar-refractivity contribution in [2.75, 3.05) is 0 Å². The monoisotopic (exact) mass is 313 g/mol. The van der Waals surface area contributed by atoms with Gasteiger partial charge in [-0.3, -0.25) is 0 Å². The second-order valence-electron chi connectivity index (χ2n) is 4.60. The molecule has 0 saturated heterocycles. The maximum atomic E-state index is 12.1. The zero-order valence-electron chi connectivity index (χ0n) is 11.3. The van der Waals surface area contributed by atoms with Crippen LogP contribution in [0, 0.1) is 0 Å². The lowest BCUT2D eigenvalue weighted by atomic mass is 10.1. The Balaban J connectivity index is 2.34. The fourth-order valence-corrected chi connectivity index (χ4v) is 2.84. The van der Waals surface area contributed by atoms with E-state index in [9.17, 15) is 18.7 Å². The molecular formula is C14H13F2NO3S. The Hall–Kier alpha value is -2.02. The molecule has 0 aliphatic heterocycles. The van der Waals surface area contributed by atoms with Gasteiger partial charge in [0.05, 0.1) is 5.69 Å². The first-order chi connectivity index (χ1) is 9.88. The highest BCUT2D eigenvalue weighted by atomic mass is 32.1. The number of ether oxygens (including phenoxy) is 1. The Morgan fingerprint density at radius 2 is 1.90 bits per heavy atom. The summed E-state index contributed by atoms with van der Waals surface area (Å²) in [6, 6.07) is 5.95. The third-order valence-electron chi connectivity index (χ3n) is 2.72. The third-order valence-corrected chi connectivity index (χ3v) is 3.83. The molecule has 0 atom stereocenters. The van der Waals surface area contributed by atoms with Gasteiger partial charge in [-0.25, -0.2) is 9.78 Å². The first-order valence-electron chi connectivity index (χ1n) is 6.17. The summed E-state index contributed by atoms with van der Waals surface area (Å²) >= 11 is 1.07. The summed E-state index contributed by atoms with van der Waals surface area (Å²) in [4.78, 5) is 15.8. The van der Waals surface area contributed by atoms with Gasteiger partial charge in [-0.05, 0) is 30.2 Å². The predicted octanol–water partition coefficient (Wildman–Crippen LogP) is 4.23. The first-order valence-corrected chi connectivity index (χ1v) is 6.99. The third kappa shape index (κ3) is 3.55. The van der Waals surface area contributed by atoms with Crippen molar-refractivity contribution in [2.24, 2.45) is 0 Å². The van der Waals surface area contributed by atoms with Crippen molar-refractivity contribution in [2.45, 2.75) is 26.4 Å². The van der Waals surface area contributed by atoms with E-state index in [1.807, 2.05) is 13.8 Å². The molecule has 2 rings (SSSR count). The van der Waals surface area contributed by atoms with Gasteiger partial charge in [0.1, 0.15) is 15.6 Å². The summed E-state index contributed by atoms with van der Waals surface area (Å²) in [6.07, 6.45) is 0. The van der Waals surface area contributed by atoms with Crippen molar-refractivity contribution in [3.8, 4) is 16.3 Å². The van der Waals surface area contributed by atoms with Gasteiger partial charge in [-0.1, -0.05) is 13.8 Å². The minimum Gasteiger partial charge on any atom is -0.477 e. The van der Waals surface area contributed by atoms with Crippen LogP contribution in [0.1, 0.15) is 35.1 Å². The summed E-state index contributed by atoms with van der Waals surface area (Å²) in [5, 5.41) is 9.73. The molecule has 0 radical (unpaired) electrons. The molecule has 1 N–H and O–H groups in total. The van der Waals surface area contributed by atoms with Crippen LogP contribution in [0.2, 0.25) is 0 Å². The topological polar surface area (TPSA) is 59.4 Å². The summed E-state index contributed by atoms with van der Waals surface area (Å²) in [5.41, 5.74) is 1.19. The minimum absolute atomic E-state index is 0.0115. The number of carbonyl (C=O) groups is 1. The largest absolute Gasteiger partial charge is 0.477 e. The molecule has 7 heteroatoms. The maximum Gasteiger partial charge on any atom is 0.387 e. The molecule has 1 aromatic carbocycles. The molecule has 0 bridgehead atoms. The zero-order chi connectivity index (χ0) is 15.6. The number of rotatable bonds is 5. The van der Waals surface area contributed by atoms with E-state index in [2.05, 4.69) is 9.72 Å². The number of carboxylic acids is 1. The molecule has 21 heavy (non-hydrogen) atoms. The van der Waals surface area contributed by atoms with Crippen molar-refractivity contribution < 1.29 is 23.4 Å². The van der Waals surface area contributed by atoms with Crippen molar-refractivity contribution in [3.05, 3.63) is 34.8 Å². The van der Waals surface area contributed by atoms with Gasteiger partial charge < -0.3 is 9.84 Å². The second-order valence-corrected chi connectivity index (χ2v) is 5.60. The molecule has 112 valence electrons. The maximum absolute atomic E-state index is 12.1. The van der Waals surface area contributed by atoms with Crippen LogP contribution in [0.5, 0.6) is 5.75 Å². The van der Waals surface area contributed by atoms with Gasteiger partial charge in [-0.2, -0.15) is 8.78 Å². The number of alkyl halides is 2. The SMILES string of the molecule is CC(C)c1nc(-c2ccc(OC(F)F)cc2)sc1C(=O)O. The predicted molar refractivity (Wildman–Crippen MR) is 75.2 cm³/mol. The Labute approximate surface area is 124 Å². The number of hydrogen-bond donors (Lipinski definition) is 1. The van der Waals surface area contributed by atoms with Crippen LogP contribution in [0.25, 0.3) is 10.6 Å². The van der Waals surface area contributed by atoms with Crippen LogP contribution in [0.3, 0.4) is 0 Å². The average Bonchev–Trinajstić information content (AvgIpc) is 2.84. The summed E-state index contributed by atoms with van der Waals surface area (Å²) in [6.45, 7) is 0.859. The van der Waals surface area contributed by atoms with Crippen LogP contribution in [0.15, 0.2) is 24.3 Å². The molecule has 0 aliphatic carbocycles. The van der Waals surface area contributed by atoms with Crippen molar-refractivity contribution in [1.29, 1.82) is 0 Å². The number of aromatic carboxylic acids is 1. The Bertz CT molecular complexity index is 638. The van der Waals surface area contributed by atoms with Crippen LogP contribution in [-0.2, 0) is 0 Å². The quantitative estimate of drug-likeness (QED) is 0.897. The Kier molecular flexibility index (Phi) is 4.52. The molecule has 4 nitrogen and oxygen atoms in total. The highest BCUT2D eigenvalue weighted by molar-refractivity contribution is 7.17. The highest BCUT2D eigenvalue weighted by Crippen LogP contribution is 2.32. The van der Waals surface area contributed by atoms with Crippen molar-refractivity contribution in [1.82, 2.24) is 4.98 Å². The van der Waals surface area contributed by atoms with Crippen LogP contribution in [-0.4, -0.2) is 22.7 Å². The van der Waals surface area contributed by atoms with E-state index in [0.717, 1.165) is 11.3 Å². The highest BCUT2D eigenvalue weighted by Gasteiger charge is 2.20. The second kappa shape index (κ2) is 6.17. The number of benzene rings is 1. The van der Waals surface area contributed by atoms with E-state index >= 15 is 0 Å². The van der Waals surface area contributed by atoms with Crippen LogP contribution >= 0.6 is 11.3 Å². The van der Waals surface area contributed by atoms with Gasteiger partial charge in [0, 0.05) is 5.56 Å². The lowest BCUT2D eigenvalue weighted by Crippen LogP contribution is -2.01. The number of halogens is 2. The van der Waals surface area contributed by atoms with Crippen molar-refractivity contribution in [3.63, 3.8) is 0 Å². The van der Waals surface area contributed by atoms with E-state index in [4.69, 9.17) is 0 Å². The number of nitrogens with zero attached hydrogens (tertiary/aromatic N) is 1. The van der Waals surface area contributed by atoms with Gasteiger partial charge in [0.15, 0.2) is 0 Å². The van der Waals surface area contributed by atoms with Gasteiger partial charge >= 0.3 is 12.6 Å². The van der Waals surface area contributed by atoms with Gasteiger partial charge in [0.25, 0.3) is 0 Å². The first kappa shape index (κ1) is 15.4. The molecular weight excluding hydrogens is 300 g/mol. The average molecular weight is 313 g/mol. The van der Waals surface area contributed by atoms with E-state index < -0.39 is 12.6 Å². The summed E-state index contributed by atoms with van der Waals surface area (Å²) in [7, 11) is 0. The fraction of sp³-hybridized carbons (Fsp3) is 0.286. The molecule has 0 saturated carbocycles. The normalized spacial score (nSPS) is 11.1. The summed E-state index contributed by atoms with van der Waals surface area (Å²) in [5.74, 6) is -0.976. The van der Waals surface area contributed by atoms with E-state index in [0.29, 0.717) is 16.3 Å². The molecule has 0 spiro atoms. The Morgan fingerprint density at radius 3 is 2.33 bits per heavy atom. The van der Waals surface area contributed by atoms with E-state index in [-0.39, 0.29) is 16.5 Å². The molecule has 1 aromatic heterocycles. The van der Waals surface area contributed by atoms with Crippen LogP contribution in [0.4, 0.5) is 8.78 Å². The van der Waals surface area contributed by atoms with Gasteiger partial charge in [0.2, 0.25) is 0 Å². The molecule has 1 heterocycles. The number of hydrogen-bond acceptors (Lipinski definition) is 4. The summed E-state index contributed by atoms with van der Waals surface area (Å²) < 4.78 is 28.4. The zero-order valence-corrected chi connectivity index (χ0v) is 12.2. The lowest BCUT2D eigenvalue weighted by molar-refractivity contribution is -0.0498. The number of thiazole rings is 1. The molecule has 0 amide bonds. The van der Waals surface area contributed by atoms with E-state index in [1.165, 1.54) is 12.1 Å².